The van der Waals surface area contributed by atoms with Crippen molar-refractivity contribution in [2.24, 2.45) is 0 Å². The normalized spacial score (nSPS) is 11.6. The van der Waals surface area contributed by atoms with Gasteiger partial charge in [0.15, 0.2) is 5.78 Å². The van der Waals surface area contributed by atoms with Crippen molar-refractivity contribution in [2.45, 2.75) is 39.9 Å². The van der Waals surface area contributed by atoms with Crippen LogP contribution in [0, 0.1) is 6.92 Å². The summed E-state index contributed by atoms with van der Waals surface area (Å²) in [4.78, 5) is 28.0. The summed E-state index contributed by atoms with van der Waals surface area (Å²) in [5, 5.41) is 0. The summed E-state index contributed by atoms with van der Waals surface area (Å²) >= 11 is 0. The second-order valence-corrected chi connectivity index (χ2v) is 5.74. The number of Topliss-reactive ketones (excluding diaryl/α,β-unsaturated/α-hetero) is 1. The molecule has 0 aromatic carbocycles. The fourth-order valence-corrected chi connectivity index (χ4v) is 2.85. The maximum Gasteiger partial charge on any atom is 0.406 e. The van der Waals surface area contributed by atoms with E-state index in [0.29, 0.717) is 28.1 Å². The number of carbonyl (C=O) groups is 2. The number of alkyl halides is 3. The highest BCUT2D eigenvalue weighted by molar-refractivity contribution is 6.02. The summed E-state index contributed by atoms with van der Waals surface area (Å²) in [7, 11) is 0. The van der Waals surface area contributed by atoms with Crippen molar-refractivity contribution in [1.29, 1.82) is 0 Å². The van der Waals surface area contributed by atoms with E-state index in [-0.39, 0.29) is 23.8 Å². The molecule has 25 heavy (non-hydrogen) atoms. The number of ketones is 1. The molecule has 0 aliphatic carbocycles. The largest absolute Gasteiger partial charge is 0.467 e. The average Bonchev–Trinajstić information content (AvgIpc) is 3.11. The highest BCUT2D eigenvalue weighted by Crippen LogP contribution is 2.25. The molecule has 0 saturated heterocycles. The number of aryl methyl sites for hydroxylation is 1. The topological polar surface area (TPSA) is 66.3 Å². The molecule has 2 rings (SSSR count). The van der Waals surface area contributed by atoms with E-state index in [1.165, 1.54) is 25.3 Å². The molecule has 1 N–H and O–H groups in total. The molecule has 136 valence electrons. The van der Waals surface area contributed by atoms with E-state index in [1.54, 1.807) is 13.8 Å². The van der Waals surface area contributed by atoms with Crippen molar-refractivity contribution in [2.75, 3.05) is 6.54 Å². The number of hydrogen-bond acceptors (Lipinski definition) is 3. The van der Waals surface area contributed by atoms with Gasteiger partial charge in [0, 0.05) is 11.3 Å². The first kappa shape index (κ1) is 18.8. The van der Waals surface area contributed by atoms with Crippen LogP contribution >= 0.6 is 0 Å². The lowest BCUT2D eigenvalue weighted by Gasteiger charge is -2.23. The molecule has 5 nitrogen and oxygen atoms in total. The molecule has 2 heterocycles. The van der Waals surface area contributed by atoms with Crippen LogP contribution in [0.15, 0.2) is 22.8 Å². The molecule has 0 atom stereocenters. The lowest BCUT2D eigenvalue weighted by atomic mass is 10.0. The van der Waals surface area contributed by atoms with Gasteiger partial charge in [-0.25, -0.2) is 0 Å². The summed E-state index contributed by atoms with van der Waals surface area (Å²) in [5.74, 6) is -0.815. The van der Waals surface area contributed by atoms with Gasteiger partial charge in [0.2, 0.25) is 0 Å². The predicted molar refractivity (Wildman–Crippen MR) is 84.4 cm³/mol. The van der Waals surface area contributed by atoms with Crippen LogP contribution in [0.4, 0.5) is 13.2 Å². The van der Waals surface area contributed by atoms with Gasteiger partial charge in [-0.1, -0.05) is 6.92 Å². The van der Waals surface area contributed by atoms with Crippen LogP contribution in [0.1, 0.15) is 51.7 Å². The summed E-state index contributed by atoms with van der Waals surface area (Å²) in [5.41, 5.74) is 1.27. The van der Waals surface area contributed by atoms with Gasteiger partial charge in [-0.05, 0) is 38.0 Å². The van der Waals surface area contributed by atoms with Crippen molar-refractivity contribution in [3.05, 3.63) is 46.7 Å². The van der Waals surface area contributed by atoms with E-state index in [1.807, 2.05) is 0 Å². The number of carbonyl (C=O) groups excluding carboxylic acids is 2. The van der Waals surface area contributed by atoms with Gasteiger partial charge in [-0.15, -0.1) is 0 Å². The van der Waals surface area contributed by atoms with E-state index in [2.05, 4.69) is 4.98 Å². The summed E-state index contributed by atoms with van der Waals surface area (Å²) in [6.07, 6.45) is -2.88. The second kappa shape index (κ2) is 7.16. The van der Waals surface area contributed by atoms with E-state index >= 15 is 0 Å². The maximum absolute atomic E-state index is 12.9. The molecule has 2 aromatic heterocycles. The van der Waals surface area contributed by atoms with Crippen molar-refractivity contribution >= 4 is 11.7 Å². The lowest BCUT2D eigenvalue weighted by molar-refractivity contribution is -0.142. The summed E-state index contributed by atoms with van der Waals surface area (Å²) < 4.78 is 43.8. The monoisotopic (exact) mass is 356 g/mol. The Morgan fingerprint density at radius 3 is 2.48 bits per heavy atom. The first-order valence-electron chi connectivity index (χ1n) is 7.74. The standard InChI is InChI=1S/C17H19F3N2O3/c1-4-13-14(11(3)23)10(2)21-15(13)16(24)22(9-17(18,19)20)8-12-6-5-7-25-12/h5-7,21H,4,8-9H2,1-3H3. The van der Waals surface area contributed by atoms with Gasteiger partial charge in [0.25, 0.3) is 5.91 Å². The van der Waals surface area contributed by atoms with Crippen LogP contribution in [-0.2, 0) is 13.0 Å². The van der Waals surface area contributed by atoms with Crippen LogP contribution in [0.3, 0.4) is 0 Å². The highest BCUT2D eigenvalue weighted by Gasteiger charge is 2.35. The third-order valence-electron chi connectivity index (χ3n) is 3.79. The van der Waals surface area contributed by atoms with Gasteiger partial charge in [0.1, 0.15) is 18.0 Å². The molecular weight excluding hydrogens is 337 g/mol. The van der Waals surface area contributed by atoms with Gasteiger partial charge in [-0.3, -0.25) is 9.59 Å². The van der Waals surface area contributed by atoms with Gasteiger partial charge >= 0.3 is 6.18 Å². The van der Waals surface area contributed by atoms with Gasteiger partial charge in [-0.2, -0.15) is 13.2 Å². The molecule has 2 aromatic rings. The van der Waals surface area contributed by atoms with Crippen LogP contribution in [0.5, 0.6) is 0 Å². The number of halogens is 3. The van der Waals surface area contributed by atoms with Crippen molar-refractivity contribution < 1.29 is 27.2 Å². The first-order chi connectivity index (χ1) is 11.6. The summed E-state index contributed by atoms with van der Waals surface area (Å²) in [6.45, 7) is 2.99. The number of aromatic amines is 1. The van der Waals surface area contributed by atoms with Crippen LogP contribution in [-0.4, -0.2) is 34.3 Å². The molecule has 0 aliphatic heterocycles. The third-order valence-corrected chi connectivity index (χ3v) is 3.79. The molecule has 8 heteroatoms. The smallest absolute Gasteiger partial charge is 0.406 e. The Balaban J connectivity index is 2.42. The second-order valence-electron chi connectivity index (χ2n) is 5.74. The molecule has 0 bridgehead atoms. The Labute approximate surface area is 142 Å². The SMILES string of the molecule is CCc1c(C(=O)N(Cc2ccco2)CC(F)(F)F)[nH]c(C)c1C(C)=O. The Morgan fingerprint density at radius 1 is 1.32 bits per heavy atom. The molecule has 0 saturated carbocycles. The van der Waals surface area contributed by atoms with E-state index < -0.39 is 18.6 Å². The van der Waals surface area contributed by atoms with E-state index in [9.17, 15) is 22.8 Å². The Kier molecular flexibility index (Phi) is 5.39. The minimum absolute atomic E-state index is 0.0148. The predicted octanol–water partition coefficient (Wildman–Crippen LogP) is 3.89. The number of nitrogens with one attached hydrogen (secondary N) is 1. The van der Waals surface area contributed by atoms with Crippen molar-refractivity contribution in [3.8, 4) is 0 Å². The summed E-state index contributed by atoms with van der Waals surface area (Å²) in [6, 6.07) is 3.04. The van der Waals surface area contributed by atoms with E-state index in [0.717, 1.165) is 0 Å². The zero-order chi connectivity index (χ0) is 18.8. The average molecular weight is 356 g/mol. The number of H-pyrrole nitrogens is 1. The molecule has 1 amide bonds. The number of nitrogens with zero attached hydrogens (tertiary/aromatic N) is 1. The number of hydrogen-bond donors (Lipinski definition) is 1. The highest BCUT2D eigenvalue weighted by atomic mass is 19.4. The third kappa shape index (κ3) is 4.32. The molecular formula is C17H19F3N2O3. The lowest BCUT2D eigenvalue weighted by Crippen LogP contribution is -2.39. The minimum Gasteiger partial charge on any atom is -0.467 e. The molecule has 0 unspecified atom stereocenters. The van der Waals surface area contributed by atoms with Crippen molar-refractivity contribution in [3.63, 3.8) is 0 Å². The van der Waals surface area contributed by atoms with Gasteiger partial charge < -0.3 is 14.3 Å². The maximum atomic E-state index is 12.9. The number of aromatic nitrogens is 1. The quantitative estimate of drug-likeness (QED) is 0.799. The molecule has 0 aliphatic rings. The molecule has 0 radical (unpaired) electrons. The Bertz CT molecular complexity index is 761. The Hall–Kier alpha value is -2.51. The number of rotatable bonds is 6. The van der Waals surface area contributed by atoms with E-state index in [4.69, 9.17) is 4.42 Å². The number of amides is 1. The van der Waals surface area contributed by atoms with Crippen LogP contribution in [0.2, 0.25) is 0 Å². The number of furan rings is 1. The first-order valence-corrected chi connectivity index (χ1v) is 7.74. The zero-order valence-electron chi connectivity index (χ0n) is 14.2. The Morgan fingerprint density at radius 2 is 2.00 bits per heavy atom. The van der Waals surface area contributed by atoms with Crippen LogP contribution < -0.4 is 0 Å². The fraction of sp³-hybridized carbons (Fsp3) is 0.412. The molecule has 0 fully saturated rings. The van der Waals surface area contributed by atoms with Crippen LogP contribution in [0.25, 0.3) is 0 Å². The zero-order valence-corrected chi connectivity index (χ0v) is 14.2. The van der Waals surface area contributed by atoms with Gasteiger partial charge in [0.05, 0.1) is 12.8 Å². The molecule has 0 spiro atoms. The fourth-order valence-electron chi connectivity index (χ4n) is 2.85. The minimum atomic E-state index is -4.56. The van der Waals surface area contributed by atoms with Crippen molar-refractivity contribution in [1.82, 2.24) is 9.88 Å².